The van der Waals surface area contributed by atoms with Crippen molar-refractivity contribution in [3.8, 4) is 5.75 Å². The number of aliphatic imine (C=N–C) groups is 1. The molecule has 1 N–H and O–H groups in total. The van der Waals surface area contributed by atoms with Crippen molar-refractivity contribution in [1.29, 1.82) is 0 Å². The van der Waals surface area contributed by atoms with Gasteiger partial charge in [0.1, 0.15) is 5.75 Å². The third-order valence-corrected chi connectivity index (χ3v) is 4.06. The van der Waals surface area contributed by atoms with Gasteiger partial charge in [-0.05, 0) is 31.7 Å². The summed E-state index contributed by atoms with van der Waals surface area (Å²) in [7, 11) is 5.98. The van der Waals surface area contributed by atoms with Crippen LogP contribution in [0.5, 0.6) is 5.75 Å². The number of halogens is 1. The van der Waals surface area contributed by atoms with Crippen molar-refractivity contribution in [3.05, 3.63) is 29.8 Å². The molecule has 1 aromatic rings. The molecule has 0 aromatic heterocycles. The molecule has 0 bridgehead atoms. The number of hydrogen-bond acceptors (Lipinski definition) is 4. The van der Waals surface area contributed by atoms with E-state index in [2.05, 4.69) is 39.3 Å². The molecule has 0 spiro atoms. The first-order valence-corrected chi connectivity index (χ1v) is 8.56. The molecule has 1 aliphatic rings. The maximum absolute atomic E-state index is 5.79. The number of nitrogens with zero attached hydrogens (tertiary/aromatic N) is 3. The van der Waals surface area contributed by atoms with Crippen LogP contribution in [0.3, 0.4) is 0 Å². The zero-order valence-corrected chi connectivity index (χ0v) is 18.0. The molecule has 1 atom stereocenters. The van der Waals surface area contributed by atoms with Crippen LogP contribution in [0.1, 0.15) is 12.5 Å². The SMILES string of the molecule is CCOc1ccc(CN(C)C(=NC)NCC2CN(C)CCO2)cc1.I. The van der Waals surface area contributed by atoms with Crippen LogP contribution in [-0.4, -0.2) is 75.9 Å². The summed E-state index contributed by atoms with van der Waals surface area (Å²) in [6.45, 7) is 6.99. The van der Waals surface area contributed by atoms with Gasteiger partial charge < -0.3 is 24.6 Å². The van der Waals surface area contributed by atoms with Gasteiger partial charge in [0.05, 0.1) is 19.3 Å². The smallest absolute Gasteiger partial charge is 0.193 e. The van der Waals surface area contributed by atoms with E-state index in [4.69, 9.17) is 9.47 Å². The number of nitrogens with one attached hydrogen (secondary N) is 1. The fourth-order valence-corrected chi connectivity index (χ4v) is 2.79. The normalized spacial score (nSPS) is 18.4. The van der Waals surface area contributed by atoms with Crippen LogP contribution in [0.15, 0.2) is 29.3 Å². The van der Waals surface area contributed by atoms with Crippen molar-refractivity contribution in [1.82, 2.24) is 15.1 Å². The van der Waals surface area contributed by atoms with E-state index in [1.54, 1.807) is 0 Å². The molecule has 6 nitrogen and oxygen atoms in total. The molecular weight excluding hydrogens is 431 g/mol. The van der Waals surface area contributed by atoms with E-state index in [0.29, 0.717) is 6.61 Å². The molecule has 7 heteroatoms. The van der Waals surface area contributed by atoms with Crippen molar-refractivity contribution in [2.24, 2.45) is 4.99 Å². The zero-order valence-electron chi connectivity index (χ0n) is 15.7. The van der Waals surface area contributed by atoms with E-state index in [9.17, 15) is 0 Å². The van der Waals surface area contributed by atoms with Gasteiger partial charge in [0, 0.05) is 40.3 Å². The van der Waals surface area contributed by atoms with Gasteiger partial charge >= 0.3 is 0 Å². The molecule has 1 fully saturated rings. The maximum Gasteiger partial charge on any atom is 0.193 e. The molecule has 0 amide bonds. The molecule has 0 radical (unpaired) electrons. The molecule has 25 heavy (non-hydrogen) atoms. The number of ether oxygens (including phenoxy) is 2. The highest BCUT2D eigenvalue weighted by Crippen LogP contribution is 2.13. The highest BCUT2D eigenvalue weighted by Gasteiger charge is 2.18. The Bertz CT molecular complexity index is 524. The summed E-state index contributed by atoms with van der Waals surface area (Å²) in [4.78, 5) is 8.78. The van der Waals surface area contributed by atoms with E-state index < -0.39 is 0 Å². The summed E-state index contributed by atoms with van der Waals surface area (Å²) in [6, 6.07) is 8.20. The fraction of sp³-hybridized carbons (Fsp3) is 0.611. The Morgan fingerprint density at radius 2 is 2.12 bits per heavy atom. The molecule has 1 heterocycles. The quantitative estimate of drug-likeness (QED) is 0.399. The van der Waals surface area contributed by atoms with Gasteiger partial charge in [-0.1, -0.05) is 12.1 Å². The molecule has 1 unspecified atom stereocenters. The third kappa shape index (κ3) is 7.37. The molecule has 142 valence electrons. The Kier molecular flexibility index (Phi) is 10.1. The number of morpholine rings is 1. The number of hydrogen-bond donors (Lipinski definition) is 1. The molecule has 0 saturated carbocycles. The highest BCUT2D eigenvalue weighted by molar-refractivity contribution is 14.0. The Balaban J connectivity index is 0.00000312. The van der Waals surface area contributed by atoms with Crippen molar-refractivity contribution in [2.75, 3.05) is 54.0 Å². The van der Waals surface area contributed by atoms with E-state index in [1.165, 1.54) is 5.56 Å². The van der Waals surface area contributed by atoms with Crippen molar-refractivity contribution in [2.45, 2.75) is 19.6 Å². The Labute approximate surface area is 168 Å². The first-order valence-electron chi connectivity index (χ1n) is 8.56. The minimum absolute atomic E-state index is 0. The van der Waals surface area contributed by atoms with Gasteiger partial charge in [-0.2, -0.15) is 0 Å². The van der Waals surface area contributed by atoms with Crippen LogP contribution in [-0.2, 0) is 11.3 Å². The van der Waals surface area contributed by atoms with Crippen molar-refractivity contribution in [3.63, 3.8) is 0 Å². The van der Waals surface area contributed by atoms with Crippen LogP contribution >= 0.6 is 24.0 Å². The third-order valence-electron chi connectivity index (χ3n) is 4.06. The molecule has 1 aliphatic heterocycles. The molecule has 0 aliphatic carbocycles. The van der Waals surface area contributed by atoms with Gasteiger partial charge in [-0.3, -0.25) is 4.99 Å². The van der Waals surface area contributed by atoms with Crippen LogP contribution in [0, 0.1) is 0 Å². The maximum atomic E-state index is 5.79. The standard InChI is InChI=1S/C18H30N4O2.HI/c1-5-23-16-8-6-15(7-9-16)13-22(4)18(19-2)20-12-17-14-21(3)10-11-24-17;/h6-9,17H,5,10-14H2,1-4H3,(H,19,20);1H. The predicted octanol–water partition coefficient (Wildman–Crippen LogP) is 2.04. The minimum atomic E-state index is 0. The summed E-state index contributed by atoms with van der Waals surface area (Å²) in [6.07, 6.45) is 0.208. The van der Waals surface area contributed by atoms with Crippen LogP contribution < -0.4 is 10.1 Å². The van der Waals surface area contributed by atoms with Gasteiger partial charge in [-0.25, -0.2) is 0 Å². The topological polar surface area (TPSA) is 49.3 Å². The average Bonchev–Trinajstić information content (AvgIpc) is 2.57. The van der Waals surface area contributed by atoms with Crippen LogP contribution in [0.25, 0.3) is 0 Å². The summed E-state index contributed by atoms with van der Waals surface area (Å²) >= 11 is 0. The van der Waals surface area contributed by atoms with Crippen LogP contribution in [0.4, 0.5) is 0 Å². The van der Waals surface area contributed by atoms with Gasteiger partial charge in [0.2, 0.25) is 0 Å². The summed E-state index contributed by atoms with van der Waals surface area (Å²) in [5, 5.41) is 3.41. The Morgan fingerprint density at radius 1 is 1.40 bits per heavy atom. The predicted molar refractivity (Wildman–Crippen MR) is 113 cm³/mol. The van der Waals surface area contributed by atoms with Crippen molar-refractivity contribution >= 4 is 29.9 Å². The number of guanidine groups is 1. The van der Waals surface area contributed by atoms with Gasteiger partial charge in [0.25, 0.3) is 0 Å². The largest absolute Gasteiger partial charge is 0.494 e. The fourth-order valence-electron chi connectivity index (χ4n) is 2.79. The number of rotatable bonds is 6. The lowest BCUT2D eigenvalue weighted by Gasteiger charge is -2.31. The first kappa shape index (κ1) is 22.0. The monoisotopic (exact) mass is 462 g/mol. The molecular formula is C18H31IN4O2. The minimum Gasteiger partial charge on any atom is -0.494 e. The van der Waals surface area contributed by atoms with E-state index in [0.717, 1.165) is 44.5 Å². The second kappa shape index (κ2) is 11.5. The highest BCUT2D eigenvalue weighted by atomic mass is 127. The lowest BCUT2D eigenvalue weighted by Crippen LogP contribution is -2.48. The van der Waals surface area contributed by atoms with Crippen molar-refractivity contribution < 1.29 is 9.47 Å². The average molecular weight is 462 g/mol. The molecule has 1 saturated heterocycles. The van der Waals surface area contributed by atoms with E-state index in [1.807, 2.05) is 33.2 Å². The number of benzene rings is 1. The lowest BCUT2D eigenvalue weighted by atomic mass is 10.2. The second-order valence-corrected chi connectivity index (χ2v) is 6.12. The summed E-state index contributed by atoms with van der Waals surface area (Å²) in [5.41, 5.74) is 1.22. The Hall–Kier alpha value is -1.06. The lowest BCUT2D eigenvalue weighted by molar-refractivity contribution is -0.0163. The molecule has 1 aromatic carbocycles. The zero-order chi connectivity index (χ0) is 17.4. The molecule has 2 rings (SSSR count). The van der Waals surface area contributed by atoms with Gasteiger partial charge in [0.15, 0.2) is 5.96 Å². The van der Waals surface area contributed by atoms with Crippen LogP contribution in [0.2, 0.25) is 0 Å². The van der Waals surface area contributed by atoms with E-state index in [-0.39, 0.29) is 30.1 Å². The first-order chi connectivity index (χ1) is 11.6. The second-order valence-electron chi connectivity index (χ2n) is 6.12. The van der Waals surface area contributed by atoms with Gasteiger partial charge in [-0.15, -0.1) is 24.0 Å². The Morgan fingerprint density at radius 3 is 2.72 bits per heavy atom. The summed E-state index contributed by atoms with van der Waals surface area (Å²) < 4.78 is 11.3. The summed E-state index contributed by atoms with van der Waals surface area (Å²) in [5.74, 6) is 1.78. The number of likely N-dealkylation sites (N-methyl/N-ethyl adjacent to an activating group) is 1. The van der Waals surface area contributed by atoms with E-state index >= 15 is 0 Å².